The van der Waals surface area contributed by atoms with Gasteiger partial charge in [0.2, 0.25) is 0 Å². The van der Waals surface area contributed by atoms with Gasteiger partial charge in [-0.15, -0.1) is 0 Å². The molecule has 0 unspecified atom stereocenters. The molecule has 2 aromatic heterocycles. The van der Waals surface area contributed by atoms with Crippen LogP contribution in [-0.4, -0.2) is 9.38 Å². The molecule has 96 valence electrons. The van der Waals surface area contributed by atoms with E-state index >= 15 is 0 Å². The molecule has 19 heavy (non-hydrogen) atoms. The van der Waals surface area contributed by atoms with Gasteiger partial charge in [0.15, 0.2) is 0 Å². The first-order valence-corrected chi connectivity index (χ1v) is 6.49. The number of rotatable bonds is 2. The van der Waals surface area contributed by atoms with E-state index in [9.17, 15) is 0 Å². The molecule has 0 amide bonds. The second-order valence-electron chi connectivity index (χ2n) is 4.64. The number of aromatic nitrogens is 2. The lowest BCUT2D eigenvalue weighted by Crippen LogP contribution is -1.97. The van der Waals surface area contributed by atoms with E-state index in [0.29, 0.717) is 10.8 Å². The number of nitrogens with two attached hydrogens (primary N) is 1. The van der Waals surface area contributed by atoms with Crippen LogP contribution < -0.4 is 5.73 Å². The van der Waals surface area contributed by atoms with Gasteiger partial charge in [-0.1, -0.05) is 41.9 Å². The molecule has 3 aromatic rings. The predicted octanol–water partition coefficient (Wildman–Crippen LogP) is 3.47. The Hall–Kier alpha value is -2.00. The average Bonchev–Trinajstić information content (AvgIpc) is 2.69. The number of fused-ring (bicyclic) bond motifs is 1. The summed E-state index contributed by atoms with van der Waals surface area (Å²) in [5, 5.41) is 0.667. The van der Waals surface area contributed by atoms with E-state index < -0.39 is 0 Å². The zero-order valence-corrected chi connectivity index (χ0v) is 11.4. The highest BCUT2D eigenvalue weighted by Gasteiger charge is 2.12. The molecule has 0 fully saturated rings. The van der Waals surface area contributed by atoms with Crippen LogP contribution in [-0.2, 0) is 6.42 Å². The van der Waals surface area contributed by atoms with E-state index in [0.717, 1.165) is 23.3 Å². The summed E-state index contributed by atoms with van der Waals surface area (Å²) < 4.78 is 1.86. The van der Waals surface area contributed by atoms with Crippen LogP contribution in [0.1, 0.15) is 16.8 Å². The molecule has 2 N–H and O–H groups in total. The van der Waals surface area contributed by atoms with Crippen molar-refractivity contribution in [3.05, 3.63) is 64.4 Å². The molecule has 0 saturated carbocycles. The zero-order chi connectivity index (χ0) is 13.4. The second kappa shape index (κ2) is 4.59. The lowest BCUT2D eigenvalue weighted by Gasteiger charge is -2.01. The van der Waals surface area contributed by atoms with Crippen LogP contribution in [0.15, 0.2) is 42.6 Å². The van der Waals surface area contributed by atoms with Crippen molar-refractivity contribution in [2.75, 3.05) is 5.73 Å². The maximum Gasteiger partial charge on any atom is 0.141 e. The summed E-state index contributed by atoms with van der Waals surface area (Å²) in [6, 6.07) is 12.1. The fourth-order valence-corrected chi connectivity index (χ4v) is 2.51. The molecule has 0 aliphatic carbocycles. The molecule has 0 aliphatic heterocycles. The molecule has 4 heteroatoms. The molecule has 0 spiro atoms. The Kier molecular flexibility index (Phi) is 2.91. The van der Waals surface area contributed by atoms with E-state index in [1.165, 1.54) is 5.56 Å². The first-order chi connectivity index (χ1) is 9.15. The fraction of sp³-hybridized carbons (Fsp3) is 0.133. The molecule has 0 bridgehead atoms. The van der Waals surface area contributed by atoms with E-state index in [-0.39, 0.29) is 0 Å². The first kappa shape index (κ1) is 12.1. The number of halogens is 1. The predicted molar refractivity (Wildman–Crippen MR) is 78.6 cm³/mol. The number of nitrogen functional groups attached to an aromatic ring is 1. The van der Waals surface area contributed by atoms with Gasteiger partial charge in [0.1, 0.15) is 11.5 Å². The van der Waals surface area contributed by atoms with Crippen LogP contribution in [0.5, 0.6) is 0 Å². The largest absolute Gasteiger partial charge is 0.383 e. The molecule has 1 aromatic carbocycles. The third-order valence-corrected chi connectivity index (χ3v) is 3.40. The van der Waals surface area contributed by atoms with Crippen molar-refractivity contribution >= 4 is 23.1 Å². The summed E-state index contributed by atoms with van der Waals surface area (Å²) in [5.41, 5.74) is 10.1. The molecule has 0 saturated heterocycles. The van der Waals surface area contributed by atoms with Crippen molar-refractivity contribution in [3.63, 3.8) is 0 Å². The van der Waals surface area contributed by atoms with Crippen LogP contribution in [0, 0.1) is 6.92 Å². The number of hydrogen-bond donors (Lipinski definition) is 1. The highest BCUT2D eigenvalue weighted by Crippen LogP contribution is 2.23. The van der Waals surface area contributed by atoms with Gasteiger partial charge >= 0.3 is 0 Å². The van der Waals surface area contributed by atoms with Gasteiger partial charge in [-0.3, -0.25) is 4.40 Å². The summed E-state index contributed by atoms with van der Waals surface area (Å²) in [7, 11) is 0. The van der Waals surface area contributed by atoms with Gasteiger partial charge in [-0.05, 0) is 24.1 Å². The highest BCUT2D eigenvalue weighted by atomic mass is 35.5. The van der Waals surface area contributed by atoms with Gasteiger partial charge in [-0.2, -0.15) is 0 Å². The minimum absolute atomic E-state index is 0.657. The Bertz CT molecular complexity index is 732. The summed E-state index contributed by atoms with van der Waals surface area (Å²) in [4.78, 5) is 4.63. The quantitative estimate of drug-likeness (QED) is 0.776. The molecule has 2 heterocycles. The van der Waals surface area contributed by atoms with Crippen molar-refractivity contribution < 1.29 is 0 Å². The number of imidazole rings is 1. The van der Waals surface area contributed by atoms with Gasteiger partial charge in [0.05, 0.1) is 10.7 Å². The van der Waals surface area contributed by atoms with E-state index in [1.807, 2.05) is 35.6 Å². The monoisotopic (exact) mass is 271 g/mol. The minimum atomic E-state index is 0.657. The van der Waals surface area contributed by atoms with E-state index in [1.54, 1.807) is 6.20 Å². The zero-order valence-electron chi connectivity index (χ0n) is 10.6. The number of hydrogen-bond acceptors (Lipinski definition) is 2. The Morgan fingerprint density at radius 3 is 2.74 bits per heavy atom. The molecule has 3 rings (SSSR count). The summed E-state index contributed by atoms with van der Waals surface area (Å²) >= 11 is 6.06. The van der Waals surface area contributed by atoms with Gasteiger partial charge in [-0.25, -0.2) is 4.98 Å². The first-order valence-electron chi connectivity index (χ1n) is 6.11. The molecular formula is C15H14ClN3. The molecule has 0 atom stereocenters. The maximum absolute atomic E-state index is 6.17. The van der Waals surface area contributed by atoms with Crippen LogP contribution in [0.2, 0.25) is 5.02 Å². The summed E-state index contributed by atoms with van der Waals surface area (Å²) in [6.07, 6.45) is 2.53. The number of aryl methyl sites for hydroxylation is 1. The van der Waals surface area contributed by atoms with Crippen LogP contribution in [0.25, 0.3) is 5.65 Å². The standard InChI is InChI=1S/C15H14ClN3/c1-10-7-12(16)9-19-14(17)13(18-15(10)19)8-11-5-3-2-4-6-11/h2-7,9H,8,17H2,1H3. The molecule has 0 aliphatic rings. The van der Waals surface area contributed by atoms with Gasteiger partial charge in [0, 0.05) is 12.6 Å². The lowest BCUT2D eigenvalue weighted by atomic mass is 10.1. The smallest absolute Gasteiger partial charge is 0.141 e. The maximum atomic E-state index is 6.17. The van der Waals surface area contributed by atoms with Crippen molar-refractivity contribution in [2.45, 2.75) is 13.3 Å². The van der Waals surface area contributed by atoms with Crippen molar-refractivity contribution in [1.82, 2.24) is 9.38 Å². The van der Waals surface area contributed by atoms with Gasteiger partial charge < -0.3 is 5.73 Å². The van der Waals surface area contributed by atoms with Crippen LogP contribution >= 0.6 is 11.6 Å². The Morgan fingerprint density at radius 1 is 1.26 bits per heavy atom. The normalized spacial score (nSPS) is 11.1. The average molecular weight is 272 g/mol. The van der Waals surface area contributed by atoms with E-state index in [4.69, 9.17) is 17.3 Å². The second-order valence-corrected chi connectivity index (χ2v) is 5.08. The Labute approximate surface area is 116 Å². The van der Waals surface area contributed by atoms with Crippen molar-refractivity contribution in [3.8, 4) is 0 Å². The summed E-state index contributed by atoms with van der Waals surface area (Å²) in [5.74, 6) is 0.657. The topological polar surface area (TPSA) is 43.3 Å². The Morgan fingerprint density at radius 2 is 2.00 bits per heavy atom. The minimum Gasteiger partial charge on any atom is -0.383 e. The highest BCUT2D eigenvalue weighted by molar-refractivity contribution is 6.30. The molecule has 0 radical (unpaired) electrons. The van der Waals surface area contributed by atoms with Crippen LogP contribution in [0.4, 0.5) is 5.82 Å². The SMILES string of the molecule is Cc1cc(Cl)cn2c(N)c(Cc3ccccc3)nc12. The molecule has 3 nitrogen and oxygen atoms in total. The third kappa shape index (κ3) is 2.17. The Balaban J connectivity index is 2.10. The van der Waals surface area contributed by atoms with E-state index in [2.05, 4.69) is 17.1 Å². The van der Waals surface area contributed by atoms with Gasteiger partial charge in [0.25, 0.3) is 0 Å². The number of nitrogens with zero attached hydrogens (tertiary/aromatic N) is 2. The lowest BCUT2D eigenvalue weighted by molar-refractivity contribution is 1.12. The molecular weight excluding hydrogens is 258 g/mol. The third-order valence-electron chi connectivity index (χ3n) is 3.20. The number of pyridine rings is 1. The van der Waals surface area contributed by atoms with Crippen molar-refractivity contribution in [2.24, 2.45) is 0 Å². The van der Waals surface area contributed by atoms with Crippen molar-refractivity contribution in [1.29, 1.82) is 0 Å². The summed E-state index contributed by atoms with van der Waals surface area (Å²) in [6.45, 7) is 1.99. The number of anilines is 1. The van der Waals surface area contributed by atoms with Crippen LogP contribution in [0.3, 0.4) is 0 Å². The fourth-order valence-electron chi connectivity index (χ4n) is 2.25. The number of benzene rings is 1.